The minimum absolute atomic E-state index is 0. The summed E-state index contributed by atoms with van der Waals surface area (Å²) < 4.78 is 0. The molecule has 0 saturated carbocycles. The molecule has 0 aromatic rings. The van der Waals surface area contributed by atoms with E-state index in [0.29, 0.717) is 0 Å². The molecule has 0 amide bonds. The number of hydrogen-bond acceptors (Lipinski definition) is 0. The predicted octanol–water partition coefficient (Wildman–Crippen LogP) is -1.11. The molecule has 0 atom stereocenters. The second-order valence-electron chi connectivity index (χ2n) is 2.99. The van der Waals surface area contributed by atoms with Gasteiger partial charge in [-0.05, 0) is 6.92 Å². The Balaban J connectivity index is 0. The largest absolute Gasteiger partial charge is 1.00 e. The molecule has 0 saturated heterocycles. The first-order valence-corrected chi connectivity index (χ1v) is 2.77. The van der Waals surface area contributed by atoms with Crippen LogP contribution in [0.15, 0.2) is 0 Å². The van der Waals surface area contributed by atoms with Crippen molar-refractivity contribution in [2.75, 3.05) is 0 Å². The summed E-state index contributed by atoms with van der Waals surface area (Å²) in [5.41, 5.74) is 0. The van der Waals surface area contributed by atoms with E-state index in [0.717, 1.165) is 0 Å². The summed E-state index contributed by atoms with van der Waals surface area (Å²) in [6, 6.07) is 0. The second kappa shape index (κ2) is 4.50. The Morgan fingerprint density at radius 2 is 1.50 bits per heavy atom. The van der Waals surface area contributed by atoms with Crippen LogP contribution in [-0.2, 0) is 0 Å². The topological polar surface area (TPSA) is 0 Å². The van der Waals surface area contributed by atoms with Crippen molar-refractivity contribution >= 4 is 6.15 Å². The minimum Gasteiger partial charge on any atom is -0.316 e. The van der Waals surface area contributed by atoms with E-state index in [2.05, 4.69) is 32.2 Å². The molecule has 0 N–H and O–H groups in total. The molecular weight excluding hydrogens is 106 g/mol. The van der Waals surface area contributed by atoms with Crippen LogP contribution in [0.2, 0.25) is 20.5 Å². The third kappa shape index (κ3) is 9.80. The van der Waals surface area contributed by atoms with Crippen LogP contribution >= 0.6 is 0 Å². The minimum atomic E-state index is -0.354. The molecular formula is C6H12BNa. The Labute approximate surface area is 74.6 Å². The maximum atomic E-state index is 3.10. The molecule has 0 rings (SSSR count). The third-order valence-electron chi connectivity index (χ3n) is 0.577. The van der Waals surface area contributed by atoms with Gasteiger partial charge in [-0.3, -0.25) is 0 Å². The van der Waals surface area contributed by atoms with Crippen LogP contribution in [0.25, 0.3) is 0 Å². The van der Waals surface area contributed by atoms with Crippen LogP contribution < -0.4 is 29.6 Å². The summed E-state index contributed by atoms with van der Waals surface area (Å²) >= 11 is 0. The molecule has 0 aromatic heterocycles. The van der Waals surface area contributed by atoms with E-state index in [1.165, 1.54) is 0 Å². The van der Waals surface area contributed by atoms with Gasteiger partial charge in [0, 0.05) is 0 Å². The first-order valence-electron chi connectivity index (χ1n) is 2.77. The Morgan fingerprint density at radius 3 is 1.50 bits per heavy atom. The Bertz CT molecular complexity index is 102. The molecule has 0 spiro atoms. The summed E-state index contributed by atoms with van der Waals surface area (Å²) in [7, 11) is 0. The zero-order valence-electron chi connectivity index (χ0n) is 6.58. The van der Waals surface area contributed by atoms with Crippen LogP contribution in [0, 0.1) is 11.7 Å². The molecule has 0 heterocycles. The van der Waals surface area contributed by atoms with Gasteiger partial charge in [-0.1, -0.05) is 0 Å². The van der Waals surface area contributed by atoms with Gasteiger partial charge in [-0.15, -0.1) is 0 Å². The monoisotopic (exact) mass is 118 g/mol. The molecule has 2 heteroatoms. The first-order chi connectivity index (χ1) is 3.06. The van der Waals surface area contributed by atoms with E-state index in [1.807, 2.05) is 6.92 Å². The maximum absolute atomic E-state index is 3.10. The molecule has 0 nitrogen and oxygen atoms in total. The fourth-order valence-corrected chi connectivity index (χ4v) is 0.433. The molecule has 40 valence electrons. The summed E-state index contributed by atoms with van der Waals surface area (Å²) in [6.07, 6.45) is -0.354. The molecule has 0 aliphatic rings. The van der Waals surface area contributed by atoms with Crippen LogP contribution in [0.1, 0.15) is 6.92 Å². The van der Waals surface area contributed by atoms with Gasteiger partial charge in [0.15, 0.2) is 0 Å². The maximum Gasteiger partial charge on any atom is 1.00 e. The van der Waals surface area contributed by atoms with Crippen LogP contribution in [0.5, 0.6) is 0 Å². The fourth-order valence-electron chi connectivity index (χ4n) is 0.433. The molecule has 8 heavy (non-hydrogen) atoms. The SMILES string of the molecule is CC#C[B-](C)(C)C.[Na+]. The summed E-state index contributed by atoms with van der Waals surface area (Å²) in [5, 5.41) is 0. The molecule has 0 aliphatic heterocycles. The van der Waals surface area contributed by atoms with Crippen molar-refractivity contribution in [3.63, 3.8) is 0 Å². The molecule has 0 aromatic carbocycles. The van der Waals surface area contributed by atoms with Gasteiger partial charge < -0.3 is 5.82 Å². The summed E-state index contributed by atoms with van der Waals surface area (Å²) in [6.45, 7) is 8.37. The Hall–Kier alpha value is 0.625. The van der Waals surface area contributed by atoms with Crippen LogP contribution in [0.3, 0.4) is 0 Å². The van der Waals surface area contributed by atoms with Gasteiger partial charge in [0.1, 0.15) is 0 Å². The van der Waals surface area contributed by atoms with E-state index < -0.39 is 0 Å². The van der Waals surface area contributed by atoms with Crippen molar-refractivity contribution in [3.8, 4) is 11.7 Å². The molecule has 0 aliphatic carbocycles. The Morgan fingerprint density at radius 1 is 1.12 bits per heavy atom. The normalized spacial score (nSPS) is 8.50. The molecule has 0 bridgehead atoms. The molecule has 0 fully saturated rings. The van der Waals surface area contributed by atoms with Gasteiger partial charge in [0.05, 0.1) is 6.15 Å². The first kappa shape index (κ1) is 11.4. The fraction of sp³-hybridized carbons (Fsp3) is 0.667. The van der Waals surface area contributed by atoms with Crippen molar-refractivity contribution in [3.05, 3.63) is 0 Å². The Kier molecular flexibility index (Phi) is 6.42. The van der Waals surface area contributed by atoms with Gasteiger partial charge in [-0.2, -0.15) is 26.4 Å². The van der Waals surface area contributed by atoms with Crippen molar-refractivity contribution < 1.29 is 29.6 Å². The van der Waals surface area contributed by atoms with Gasteiger partial charge in [-0.25, -0.2) is 0 Å². The zero-order valence-corrected chi connectivity index (χ0v) is 8.58. The summed E-state index contributed by atoms with van der Waals surface area (Å²) in [4.78, 5) is 0. The van der Waals surface area contributed by atoms with Gasteiger partial charge >= 0.3 is 29.6 Å². The molecule has 0 unspecified atom stereocenters. The average molecular weight is 118 g/mol. The summed E-state index contributed by atoms with van der Waals surface area (Å²) in [5.74, 6) is 5.98. The smallest absolute Gasteiger partial charge is 0.316 e. The van der Waals surface area contributed by atoms with Gasteiger partial charge in [0.25, 0.3) is 0 Å². The third-order valence-corrected chi connectivity index (χ3v) is 0.577. The van der Waals surface area contributed by atoms with Crippen molar-refractivity contribution in [2.45, 2.75) is 27.4 Å². The van der Waals surface area contributed by atoms with E-state index in [-0.39, 0.29) is 35.7 Å². The van der Waals surface area contributed by atoms with Crippen molar-refractivity contribution in [2.24, 2.45) is 0 Å². The number of rotatable bonds is 0. The van der Waals surface area contributed by atoms with Crippen LogP contribution in [0.4, 0.5) is 0 Å². The zero-order chi connectivity index (χ0) is 5.91. The van der Waals surface area contributed by atoms with E-state index >= 15 is 0 Å². The molecule has 0 radical (unpaired) electrons. The number of hydrogen-bond donors (Lipinski definition) is 0. The predicted molar refractivity (Wildman–Crippen MR) is 36.8 cm³/mol. The average Bonchev–Trinajstić information content (AvgIpc) is 1.30. The van der Waals surface area contributed by atoms with E-state index in [4.69, 9.17) is 0 Å². The van der Waals surface area contributed by atoms with Gasteiger partial charge in [0.2, 0.25) is 0 Å². The second-order valence-corrected chi connectivity index (χ2v) is 2.99. The van der Waals surface area contributed by atoms with Crippen molar-refractivity contribution in [1.29, 1.82) is 0 Å². The standard InChI is InChI=1S/C6H12B.Na/c1-5-6-7(2,3)4;/h1-4H3;/q-1;+1. The van der Waals surface area contributed by atoms with Crippen molar-refractivity contribution in [1.82, 2.24) is 0 Å². The van der Waals surface area contributed by atoms with E-state index in [9.17, 15) is 0 Å². The van der Waals surface area contributed by atoms with Crippen LogP contribution in [-0.4, -0.2) is 6.15 Å². The quantitative estimate of drug-likeness (QED) is 0.279. The van der Waals surface area contributed by atoms with E-state index in [1.54, 1.807) is 0 Å².